The molecule has 0 spiro atoms. The molecule has 1 aliphatic heterocycles. The second kappa shape index (κ2) is 5.47. The van der Waals surface area contributed by atoms with Crippen molar-refractivity contribution in [1.29, 1.82) is 0 Å². The highest BCUT2D eigenvalue weighted by Gasteiger charge is 2.23. The van der Waals surface area contributed by atoms with E-state index in [9.17, 15) is 4.79 Å². The van der Waals surface area contributed by atoms with Crippen LogP contribution in [0.4, 0.5) is 0 Å². The molecule has 1 aliphatic rings. The van der Waals surface area contributed by atoms with Gasteiger partial charge in [0.25, 0.3) is 0 Å². The standard InChI is InChI=1S/C17H16O3/c1-12-16-9-14(7-8-15(16)17(18)11-19-12)20-10-13-5-3-2-4-6-13/h2-9,12H,10-11H2,1H3. The van der Waals surface area contributed by atoms with Crippen molar-refractivity contribution in [1.82, 2.24) is 0 Å². The molecule has 0 aliphatic carbocycles. The van der Waals surface area contributed by atoms with Crippen LogP contribution >= 0.6 is 0 Å². The maximum Gasteiger partial charge on any atom is 0.188 e. The number of hydrogen-bond acceptors (Lipinski definition) is 3. The van der Waals surface area contributed by atoms with E-state index in [1.807, 2.05) is 55.5 Å². The number of ketones is 1. The van der Waals surface area contributed by atoms with E-state index in [0.29, 0.717) is 6.61 Å². The first kappa shape index (κ1) is 12.9. The number of hydrogen-bond donors (Lipinski definition) is 0. The summed E-state index contributed by atoms with van der Waals surface area (Å²) in [7, 11) is 0. The van der Waals surface area contributed by atoms with Gasteiger partial charge in [0.15, 0.2) is 5.78 Å². The largest absolute Gasteiger partial charge is 0.489 e. The summed E-state index contributed by atoms with van der Waals surface area (Å²) < 4.78 is 11.2. The Morgan fingerprint density at radius 3 is 2.80 bits per heavy atom. The SMILES string of the molecule is CC1OCC(=O)c2ccc(OCc3ccccc3)cc21. The smallest absolute Gasteiger partial charge is 0.188 e. The van der Waals surface area contributed by atoms with Crippen LogP contribution in [0.2, 0.25) is 0 Å². The topological polar surface area (TPSA) is 35.5 Å². The van der Waals surface area contributed by atoms with Gasteiger partial charge in [-0.15, -0.1) is 0 Å². The monoisotopic (exact) mass is 268 g/mol. The van der Waals surface area contributed by atoms with Gasteiger partial charge in [-0.1, -0.05) is 30.3 Å². The molecule has 1 unspecified atom stereocenters. The summed E-state index contributed by atoms with van der Waals surface area (Å²) in [5.74, 6) is 0.797. The number of rotatable bonds is 3. The van der Waals surface area contributed by atoms with Crippen LogP contribution in [0.15, 0.2) is 48.5 Å². The van der Waals surface area contributed by atoms with E-state index in [1.54, 1.807) is 0 Å². The Kier molecular flexibility index (Phi) is 3.52. The van der Waals surface area contributed by atoms with Gasteiger partial charge in [0.1, 0.15) is 19.0 Å². The zero-order chi connectivity index (χ0) is 13.9. The van der Waals surface area contributed by atoms with Crippen LogP contribution in [0.25, 0.3) is 0 Å². The molecule has 3 rings (SSSR count). The fourth-order valence-corrected chi connectivity index (χ4v) is 2.33. The van der Waals surface area contributed by atoms with E-state index in [0.717, 1.165) is 22.4 Å². The lowest BCUT2D eigenvalue weighted by atomic mass is 9.97. The molecular weight excluding hydrogens is 252 g/mol. The Hall–Kier alpha value is -2.13. The quantitative estimate of drug-likeness (QED) is 0.854. The van der Waals surface area contributed by atoms with Gasteiger partial charge in [-0.05, 0) is 36.2 Å². The van der Waals surface area contributed by atoms with Crippen molar-refractivity contribution >= 4 is 5.78 Å². The van der Waals surface area contributed by atoms with Crippen LogP contribution in [0.5, 0.6) is 5.75 Å². The van der Waals surface area contributed by atoms with Crippen molar-refractivity contribution in [2.24, 2.45) is 0 Å². The predicted molar refractivity (Wildman–Crippen MR) is 75.9 cm³/mol. The Balaban J connectivity index is 1.78. The van der Waals surface area contributed by atoms with Gasteiger partial charge in [0, 0.05) is 5.56 Å². The number of fused-ring (bicyclic) bond motifs is 1. The normalized spacial score (nSPS) is 17.6. The molecule has 0 N–H and O–H groups in total. The van der Waals surface area contributed by atoms with Gasteiger partial charge in [0.05, 0.1) is 6.10 Å². The average molecular weight is 268 g/mol. The van der Waals surface area contributed by atoms with Crippen molar-refractivity contribution < 1.29 is 14.3 Å². The number of benzene rings is 2. The van der Waals surface area contributed by atoms with Crippen LogP contribution in [0.3, 0.4) is 0 Å². The summed E-state index contributed by atoms with van der Waals surface area (Å²) in [6, 6.07) is 15.6. The molecular formula is C17H16O3. The molecule has 3 heteroatoms. The second-order valence-electron chi connectivity index (χ2n) is 4.90. The zero-order valence-electron chi connectivity index (χ0n) is 11.3. The summed E-state index contributed by atoms with van der Waals surface area (Å²) in [5, 5.41) is 0. The van der Waals surface area contributed by atoms with Gasteiger partial charge in [-0.2, -0.15) is 0 Å². The van der Waals surface area contributed by atoms with E-state index in [2.05, 4.69) is 0 Å². The third-order valence-electron chi connectivity index (χ3n) is 3.47. The molecule has 0 saturated heterocycles. The maximum atomic E-state index is 11.8. The molecule has 2 aromatic carbocycles. The Morgan fingerprint density at radius 2 is 2.00 bits per heavy atom. The highest BCUT2D eigenvalue weighted by Crippen LogP contribution is 2.30. The van der Waals surface area contributed by atoms with E-state index >= 15 is 0 Å². The summed E-state index contributed by atoms with van der Waals surface area (Å²) in [6.45, 7) is 2.63. The van der Waals surface area contributed by atoms with Crippen molar-refractivity contribution in [3.05, 3.63) is 65.2 Å². The van der Waals surface area contributed by atoms with E-state index < -0.39 is 0 Å². The van der Waals surface area contributed by atoms with Crippen LogP contribution < -0.4 is 4.74 Å². The first-order chi connectivity index (χ1) is 9.74. The Labute approximate surface area is 118 Å². The summed E-state index contributed by atoms with van der Waals surface area (Å²) in [5.41, 5.74) is 2.77. The molecule has 0 aromatic heterocycles. The first-order valence-electron chi connectivity index (χ1n) is 6.69. The van der Waals surface area contributed by atoms with Gasteiger partial charge < -0.3 is 9.47 Å². The van der Waals surface area contributed by atoms with Gasteiger partial charge >= 0.3 is 0 Å². The molecule has 20 heavy (non-hydrogen) atoms. The summed E-state index contributed by atoms with van der Waals surface area (Å²) in [4.78, 5) is 11.8. The molecule has 102 valence electrons. The second-order valence-corrected chi connectivity index (χ2v) is 4.90. The number of ether oxygens (including phenoxy) is 2. The summed E-state index contributed by atoms with van der Waals surface area (Å²) >= 11 is 0. The molecule has 3 nitrogen and oxygen atoms in total. The lowest BCUT2D eigenvalue weighted by Crippen LogP contribution is -2.20. The minimum absolute atomic E-state index is 0.0349. The van der Waals surface area contributed by atoms with Gasteiger partial charge in [-0.3, -0.25) is 4.79 Å². The third-order valence-corrected chi connectivity index (χ3v) is 3.47. The third kappa shape index (κ3) is 2.58. The molecule has 0 amide bonds. The van der Waals surface area contributed by atoms with E-state index in [1.165, 1.54) is 0 Å². The molecule has 2 aromatic rings. The molecule has 1 atom stereocenters. The fraction of sp³-hybridized carbons (Fsp3) is 0.235. The Bertz CT molecular complexity index is 619. The minimum atomic E-state index is -0.0667. The van der Waals surface area contributed by atoms with Crippen LogP contribution in [0, 0.1) is 0 Å². The van der Waals surface area contributed by atoms with Crippen LogP contribution in [-0.2, 0) is 11.3 Å². The van der Waals surface area contributed by atoms with Crippen molar-refractivity contribution in [3.63, 3.8) is 0 Å². The Morgan fingerprint density at radius 1 is 1.20 bits per heavy atom. The number of Topliss-reactive ketones (excluding diaryl/α,β-unsaturated/α-hetero) is 1. The number of carbonyl (C=O) groups is 1. The fourth-order valence-electron chi connectivity index (χ4n) is 2.33. The highest BCUT2D eigenvalue weighted by atomic mass is 16.5. The van der Waals surface area contributed by atoms with Crippen molar-refractivity contribution in [2.75, 3.05) is 6.61 Å². The first-order valence-corrected chi connectivity index (χ1v) is 6.69. The molecule has 0 radical (unpaired) electrons. The van der Waals surface area contributed by atoms with Crippen molar-refractivity contribution in [3.8, 4) is 5.75 Å². The minimum Gasteiger partial charge on any atom is -0.489 e. The molecule has 0 fully saturated rings. The van der Waals surface area contributed by atoms with Crippen LogP contribution in [0.1, 0.15) is 34.5 Å². The molecule has 0 bridgehead atoms. The van der Waals surface area contributed by atoms with Crippen molar-refractivity contribution in [2.45, 2.75) is 19.6 Å². The number of carbonyl (C=O) groups excluding carboxylic acids is 1. The zero-order valence-corrected chi connectivity index (χ0v) is 11.3. The average Bonchev–Trinajstić information content (AvgIpc) is 2.50. The maximum absolute atomic E-state index is 11.8. The molecule has 0 saturated carbocycles. The van der Waals surface area contributed by atoms with Gasteiger partial charge in [-0.25, -0.2) is 0 Å². The molecule has 1 heterocycles. The van der Waals surface area contributed by atoms with E-state index in [4.69, 9.17) is 9.47 Å². The predicted octanol–water partition coefficient (Wildman–Crippen LogP) is 3.54. The lowest BCUT2D eigenvalue weighted by Gasteiger charge is -2.22. The van der Waals surface area contributed by atoms with E-state index in [-0.39, 0.29) is 18.5 Å². The van der Waals surface area contributed by atoms with Crippen LogP contribution in [-0.4, -0.2) is 12.4 Å². The van der Waals surface area contributed by atoms with Gasteiger partial charge in [0.2, 0.25) is 0 Å². The lowest BCUT2D eigenvalue weighted by molar-refractivity contribution is 0.0435. The highest BCUT2D eigenvalue weighted by molar-refractivity contribution is 5.99. The summed E-state index contributed by atoms with van der Waals surface area (Å²) in [6.07, 6.45) is -0.0667.